The summed E-state index contributed by atoms with van der Waals surface area (Å²) in [6.07, 6.45) is 3.81. The number of ether oxygens (including phenoxy) is 1. The van der Waals surface area contributed by atoms with Gasteiger partial charge in [-0.1, -0.05) is 56.3 Å². The third-order valence-electron chi connectivity index (χ3n) is 5.25. The van der Waals surface area contributed by atoms with Gasteiger partial charge in [0.1, 0.15) is 0 Å². The van der Waals surface area contributed by atoms with Crippen LogP contribution in [0.3, 0.4) is 0 Å². The highest BCUT2D eigenvalue weighted by Gasteiger charge is 2.35. The number of nitrogens with zero attached hydrogens (tertiary/aromatic N) is 2. The Morgan fingerprint density at radius 1 is 1.07 bits per heavy atom. The molecular formula is C23H20N2O3. The largest absolute Gasteiger partial charge is 0.490 e. The maximum atomic E-state index is 11.2. The molecule has 0 saturated carbocycles. The second kappa shape index (κ2) is 6.60. The molecule has 1 aliphatic rings. The summed E-state index contributed by atoms with van der Waals surface area (Å²) >= 11 is 0. The van der Waals surface area contributed by atoms with E-state index in [1.807, 2.05) is 24.3 Å². The zero-order valence-corrected chi connectivity index (χ0v) is 16.0. The Bertz CT molecular complexity index is 1160. The summed E-state index contributed by atoms with van der Waals surface area (Å²) < 4.78 is 5.07. The first kappa shape index (κ1) is 17.9. The average Bonchev–Trinajstić information content (AvgIpc) is 2.96. The van der Waals surface area contributed by atoms with E-state index in [9.17, 15) is 10.1 Å². The predicted octanol–water partition coefficient (Wildman–Crippen LogP) is 5.83. The highest BCUT2D eigenvalue weighted by atomic mass is 16.6. The zero-order valence-electron chi connectivity index (χ0n) is 16.0. The van der Waals surface area contributed by atoms with Crippen LogP contribution in [0.4, 0.5) is 11.4 Å². The number of nitro groups is 1. The first-order valence-electron chi connectivity index (χ1n) is 9.04. The Labute approximate surface area is 163 Å². The van der Waals surface area contributed by atoms with Crippen molar-refractivity contribution < 1.29 is 9.66 Å². The third-order valence-corrected chi connectivity index (χ3v) is 5.25. The number of aliphatic imine (C=N–C) groups is 1. The Morgan fingerprint density at radius 3 is 2.61 bits per heavy atom. The highest BCUT2D eigenvalue weighted by Crippen LogP contribution is 2.44. The molecule has 1 aliphatic heterocycles. The molecule has 3 aromatic carbocycles. The van der Waals surface area contributed by atoms with Crippen molar-refractivity contribution in [2.45, 2.75) is 19.3 Å². The summed E-state index contributed by atoms with van der Waals surface area (Å²) in [5, 5.41) is 13.6. The fourth-order valence-electron chi connectivity index (χ4n) is 3.78. The van der Waals surface area contributed by atoms with Gasteiger partial charge in [0.05, 0.1) is 23.4 Å². The molecule has 1 heterocycles. The van der Waals surface area contributed by atoms with Crippen LogP contribution >= 0.6 is 0 Å². The van der Waals surface area contributed by atoms with Crippen LogP contribution in [0.2, 0.25) is 0 Å². The Morgan fingerprint density at radius 2 is 1.86 bits per heavy atom. The topological polar surface area (TPSA) is 64.7 Å². The van der Waals surface area contributed by atoms with Crippen LogP contribution in [0, 0.1) is 10.1 Å². The van der Waals surface area contributed by atoms with Crippen molar-refractivity contribution in [3.8, 4) is 5.75 Å². The number of hydrogen-bond donors (Lipinski definition) is 0. The normalized spacial score (nSPS) is 14.9. The first-order valence-corrected chi connectivity index (χ1v) is 9.04. The molecule has 0 fully saturated rings. The van der Waals surface area contributed by atoms with Gasteiger partial charge in [0.15, 0.2) is 5.75 Å². The predicted molar refractivity (Wildman–Crippen MR) is 113 cm³/mol. The third kappa shape index (κ3) is 2.85. The lowest BCUT2D eigenvalue weighted by Gasteiger charge is -2.22. The lowest BCUT2D eigenvalue weighted by molar-refractivity contribution is -0.385. The molecule has 5 heteroatoms. The minimum absolute atomic E-state index is 0.0495. The quantitative estimate of drug-likeness (QED) is 0.427. The molecule has 0 N–H and O–H groups in total. The fourth-order valence-corrected chi connectivity index (χ4v) is 3.78. The molecule has 5 nitrogen and oxygen atoms in total. The molecule has 4 rings (SSSR count). The van der Waals surface area contributed by atoms with Crippen molar-refractivity contribution in [2.24, 2.45) is 4.99 Å². The summed E-state index contributed by atoms with van der Waals surface area (Å²) in [6, 6.07) is 17.4. The molecule has 3 aromatic rings. The molecule has 0 aromatic heterocycles. The second-order valence-corrected chi connectivity index (χ2v) is 7.32. The Balaban J connectivity index is 1.72. The molecule has 0 bridgehead atoms. The number of hydrogen-bond acceptors (Lipinski definition) is 4. The minimum Gasteiger partial charge on any atom is -0.490 e. The second-order valence-electron chi connectivity index (χ2n) is 7.32. The van der Waals surface area contributed by atoms with Crippen molar-refractivity contribution in [3.63, 3.8) is 0 Å². The molecule has 28 heavy (non-hydrogen) atoms. The van der Waals surface area contributed by atoms with Gasteiger partial charge in [0.25, 0.3) is 0 Å². The van der Waals surface area contributed by atoms with Crippen LogP contribution in [0.15, 0.2) is 65.7 Å². The van der Waals surface area contributed by atoms with Crippen LogP contribution < -0.4 is 4.74 Å². The number of benzene rings is 3. The van der Waals surface area contributed by atoms with E-state index in [-0.39, 0.29) is 16.9 Å². The first-order chi connectivity index (χ1) is 13.4. The Hall–Kier alpha value is -3.47. The van der Waals surface area contributed by atoms with E-state index >= 15 is 0 Å². The van der Waals surface area contributed by atoms with Crippen LogP contribution in [-0.2, 0) is 5.41 Å². The summed E-state index contributed by atoms with van der Waals surface area (Å²) in [5.74, 6) is 0.250. The number of methoxy groups -OCH3 is 1. The molecule has 0 aliphatic carbocycles. The van der Waals surface area contributed by atoms with Crippen molar-refractivity contribution in [1.82, 2.24) is 0 Å². The van der Waals surface area contributed by atoms with E-state index in [1.54, 1.807) is 12.1 Å². The van der Waals surface area contributed by atoms with Crippen LogP contribution in [-0.4, -0.2) is 17.7 Å². The summed E-state index contributed by atoms with van der Waals surface area (Å²) in [7, 11) is 1.43. The van der Waals surface area contributed by atoms with E-state index in [4.69, 9.17) is 9.73 Å². The molecule has 0 radical (unpaired) electrons. The van der Waals surface area contributed by atoms with Crippen LogP contribution in [0.1, 0.15) is 25.0 Å². The molecule has 0 unspecified atom stereocenters. The van der Waals surface area contributed by atoms with Gasteiger partial charge in [0.2, 0.25) is 0 Å². The van der Waals surface area contributed by atoms with Gasteiger partial charge in [-0.2, -0.15) is 0 Å². The summed E-state index contributed by atoms with van der Waals surface area (Å²) in [6.45, 7) is 4.32. The van der Waals surface area contributed by atoms with Gasteiger partial charge in [-0.15, -0.1) is 0 Å². The van der Waals surface area contributed by atoms with E-state index in [0.29, 0.717) is 0 Å². The molecule has 0 spiro atoms. The van der Waals surface area contributed by atoms with Gasteiger partial charge >= 0.3 is 5.69 Å². The monoisotopic (exact) mass is 372 g/mol. The van der Waals surface area contributed by atoms with Crippen molar-refractivity contribution in [1.29, 1.82) is 0 Å². The number of allylic oxidation sites excluding steroid dienone is 1. The highest BCUT2D eigenvalue weighted by molar-refractivity contribution is 6.13. The fraction of sp³-hybridized carbons (Fsp3) is 0.174. The molecule has 140 valence electrons. The van der Waals surface area contributed by atoms with Crippen molar-refractivity contribution >= 4 is 33.9 Å². The number of nitro benzene ring substituents is 1. The summed E-state index contributed by atoms with van der Waals surface area (Å²) in [4.78, 5) is 15.6. The smallest absolute Gasteiger partial charge is 0.311 e. The minimum atomic E-state index is -0.435. The average molecular weight is 372 g/mol. The van der Waals surface area contributed by atoms with E-state index in [1.165, 1.54) is 29.5 Å². The SMILES string of the molecule is COc1ccc(/C=C/C2=Nc3ccc4ccccc4c3C2(C)C)cc1[N+](=O)[O-]. The molecule has 0 amide bonds. The maximum Gasteiger partial charge on any atom is 0.311 e. The van der Waals surface area contributed by atoms with E-state index < -0.39 is 4.92 Å². The molecule has 0 atom stereocenters. The van der Waals surface area contributed by atoms with Gasteiger partial charge in [-0.25, -0.2) is 0 Å². The van der Waals surface area contributed by atoms with Crippen molar-refractivity contribution in [3.05, 3.63) is 81.9 Å². The number of rotatable bonds is 4. The summed E-state index contributed by atoms with van der Waals surface area (Å²) in [5.41, 5.74) is 3.54. The van der Waals surface area contributed by atoms with E-state index in [0.717, 1.165) is 17.0 Å². The van der Waals surface area contributed by atoms with Gasteiger partial charge in [0, 0.05) is 11.5 Å². The van der Waals surface area contributed by atoms with Gasteiger partial charge in [-0.3, -0.25) is 15.1 Å². The zero-order chi connectivity index (χ0) is 19.9. The lowest BCUT2D eigenvalue weighted by Crippen LogP contribution is -2.24. The van der Waals surface area contributed by atoms with Crippen LogP contribution in [0.5, 0.6) is 5.75 Å². The van der Waals surface area contributed by atoms with E-state index in [2.05, 4.69) is 38.1 Å². The maximum absolute atomic E-state index is 11.2. The Kier molecular flexibility index (Phi) is 4.23. The molecular weight excluding hydrogens is 352 g/mol. The van der Waals surface area contributed by atoms with Crippen LogP contribution in [0.25, 0.3) is 16.8 Å². The van der Waals surface area contributed by atoms with Crippen molar-refractivity contribution in [2.75, 3.05) is 7.11 Å². The molecule has 0 saturated heterocycles. The number of fused-ring (bicyclic) bond motifs is 3. The van der Waals surface area contributed by atoms with Gasteiger partial charge in [-0.05, 0) is 40.1 Å². The van der Waals surface area contributed by atoms with Gasteiger partial charge < -0.3 is 4.74 Å². The standard InChI is InChI=1S/C23H20N2O3/c1-23(2)21(13-9-15-8-12-20(28-3)19(14-15)25(26)27)24-18-11-10-16-6-4-5-7-17(16)22(18)23/h4-14H,1-3H3/b13-9+. The lowest BCUT2D eigenvalue weighted by atomic mass is 9.79.